The molecule has 0 saturated carbocycles. The number of aromatic amines is 2. The van der Waals surface area contributed by atoms with E-state index in [2.05, 4.69) is 200 Å². The van der Waals surface area contributed by atoms with Gasteiger partial charge in [-0.3, -0.25) is 0 Å². The van der Waals surface area contributed by atoms with E-state index in [1.165, 1.54) is 0 Å². The van der Waals surface area contributed by atoms with Crippen molar-refractivity contribution in [3.05, 3.63) is 162 Å². The Morgan fingerprint density at radius 3 is 1.02 bits per heavy atom. The van der Waals surface area contributed by atoms with Crippen LogP contribution in [0, 0.1) is 0 Å². The molecular weight excluding hydrogens is 1140 g/mol. The summed E-state index contributed by atoms with van der Waals surface area (Å²) in [4.78, 5) is 18.7. The average Bonchev–Trinajstić information content (AvgIpc) is 3.91. The maximum atomic E-state index is 5.53. The summed E-state index contributed by atoms with van der Waals surface area (Å²) < 4.78 is 5.97. The van der Waals surface area contributed by atoms with Crippen molar-refractivity contribution in [3.63, 3.8) is 0 Å². The standard InChI is InChI=1S/C44H23Br7N4/c45-26-21-27-28(22-13-5-1-6-14-22)39-32(46)33(47)41(53-39)30(24-17-9-3-10-18-24)43-36(50)37(51)44(55-43)31(25-19-11-4-12-20-25)42-35(49)34(48)40(54-42)29(38(26)52-27)23-15-7-2-8-16-23/h1-21,53-54H. The summed E-state index contributed by atoms with van der Waals surface area (Å²) in [6, 6.07) is 41.4. The number of benzene rings is 4. The van der Waals surface area contributed by atoms with Gasteiger partial charge in [0.15, 0.2) is 0 Å². The van der Waals surface area contributed by atoms with Crippen LogP contribution in [0.2, 0.25) is 0 Å². The Morgan fingerprint density at radius 2 is 0.655 bits per heavy atom. The van der Waals surface area contributed by atoms with Crippen LogP contribution < -0.4 is 0 Å². The topological polar surface area (TPSA) is 57.4 Å². The number of aromatic nitrogens is 4. The second-order valence-electron chi connectivity index (χ2n) is 12.7. The van der Waals surface area contributed by atoms with Crippen molar-refractivity contribution in [2.75, 3.05) is 0 Å². The number of H-pyrrole nitrogens is 2. The Morgan fingerprint density at radius 1 is 0.345 bits per heavy atom. The maximum Gasteiger partial charge on any atom is 0.0891 e. The summed E-state index contributed by atoms with van der Waals surface area (Å²) >= 11 is 28.1. The lowest BCUT2D eigenvalue weighted by Gasteiger charge is -2.07. The summed E-state index contributed by atoms with van der Waals surface area (Å²) in [6.45, 7) is 0. The number of fused-ring (bicyclic) bond motifs is 8. The zero-order chi connectivity index (χ0) is 38.0. The van der Waals surface area contributed by atoms with E-state index in [9.17, 15) is 0 Å². The molecule has 11 heteroatoms. The number of hydrogen-bond acceptors (Lipinski definition) is 2. The van der Waals surface area contributed by atoms with Gasteiger partial charge in [0, 0.05) is 26.7 Å². The van der Waals surface area contributed by atoms with Crippen LogP contribution >= 0.6 is 112 Å². The molecule has 4 nitrogen and oxygen atoms in total. The van der Waals surface area contributed by atoms with Crippen LogP contribution in [0.5, 0.6) is 0 Å². The highest BCUT2D eigenvalue weighted by Crippen LogP contribution is 2.51. The molecule has 7 aromatic rings. The van der Waals surface area contributed by atoms with Crippen molar-refractivity contribution >= 4 is 153 Å². The van der Waals surface area contributed by atoms with Crippen molar-refractivity contribution in [2.45, 2.75) is 0 Å². The molecule has 0 aliphatic carbocycles. The second-order valence-corrected chi connectivity index (χ2v) is 18.4. The van der Waals surface area contributed by atoms with Crippen LogP contribution in [0.15, 0.2) is 139 Å². The van der Waals surface area contributed by atoms with Gasteiger partial charge in [-0.15, -0.1) is 0 Å². The summed E-state index contributed by atoms with van der Waals surface area (Å²) in [7, 11) is 0. The quantitative estimate of drug-likeness (QED) is 0.185. The Balaban J connectivity index is 1.61. The predicted octanol–water partition coefficient (Wildman–Crippen LogP) is 16.5. The minimum atomic E-state index is 0.768. The van der Waals surface area contributed by atoms with Gasteiger partial charge < -0.3 is 9.97 Å². The van der Waals surface area contributed by atoms with Gasteiger partial charge in [0.2, 0.25) is 0 Å². The molecule has 2 aliphatic heterocycles. The van der Waals surface area contributed by atoms with E-state index in [0.29, 0.717) is 0 Å². The van der Waals surface area contributed by atoms with Crippen LogP contribution in [0.3, 0.4) is 0 Å². The fourth-order valence-corrected chi connectivity index (χ4v) is 10.5. The molecular formula is C44H23Br7N4. The summed E-state index contributed by atoms with van der Waals surface area (Å²) in [6.07, 6.45) is 2.11. The van der Waals surface area contributed by atoms with Gasteiger partial charge in [0.25, 0.3) is 0 Å². The lowest BCUT2D eigenvalue weighted by molar-refractivity contribution is 1.31. The van der Waals surface area contributed by atoms with Crippen LogP contribution in [0.1, 0.15) is 22.8 Å². The summed E-state index contributed by atoms with van der Waals surface area (Å²) in [5.74, 6) is 0. The van der Waals surface area contributed by atoms with Gasteiger partial charge in [0.1, 0.15) is 0 Å². The third kappa shape index (κ3) is 6.48. The second kappa shape index (κ2) is 15.3. The van der Waals surface area contributed by atoms with E-state index in [1.54, 1.807) is 0 Å². The van der Waals surface area contributed by atoms with Crippen molar-refractivity contribution in [1.29, 1.82) is 0 Å². The maximum absolute atomic E-state index is 5.53. The van der Waals surface area contributed by atoms with Crippen LogP contribution in [-0.4, -0.2) is 19.9 Å². The molecule has 4 aromatic carbocycles. The average molecular weight is 1170 g/mol. The van der Waals surface area contributed by atoms with E-state index in [4.69, 9.17) is 9.97 Å². The molecule has 2 aliphatic rings. The lowest BCUT2D eigenvalue weighted by atomic mass is 10.0. The van der Waals surface area contributed by atoms with Gasteiger partial charge in [0.05, 0.1) is 71.7 Å². The van der Waals surface area contributed by atoms with Crippen LogP contribution in [-0.2, 0) is 0 Å². The molecule has 9 rings (SSSR count). The first-order valence-electron chi connectivity index (χ1n) is 16.9. The molecule has 3 aromatic heterocycles. The minimum absolute atomic E-state index is 0.768. The molecule has 268 valence electrons. The fourth-order valence-electron chi connectivity index (χ4n) is 7.08. The van der Waals surface area contributed by atoms with Gasteiger partial charge in [-0.1, -0.05) is 121 Å². The first-order chi connectivity index (χ1) is 26.7. The van der Waals surface area contributed by atoms with Crippen LogP contribution in [0.25, 0.3) is 86.1 Å². The monoisotopic (exact) mass is 1160 g/mol. The van der Waals surface area contributed by atoms with Crippen molar-refractivity contribution < 1.29 is 0 Å². The number of rotatable bonds is 4. The molecule has 0 atom stereocenters. The molecule has 0 fully saturated rings. The molecule has 2 N–H and O–H groups in total. The molecule has 0 radical (unpaired) electrons. The van der Waals surface area contributed by atoms with E-state index < -0.39 is 0 Å². The van der Waals surface area contributed by atoms with E-state index in [1.807, 2.05) is 48.5 Å². The number of nitrogens with one attached hydrogen (secondary N) is 2. The molecule has 0 unspecified atom stereocenters. The molecule has 0 saturated heterocycles. The number of hydrogen-bond donors (Lipinski definition) is 2. The number of halogens is 7. The zero-order valence-electron chi connectivity index (χ0n) is 28.2. The van der Waals surface area contributed by atoms with E-state index >= 15 is 0 Å². The van der Waals surface area contributed by atoms with Crippen LogP contribution in [0.4, 0.5) is 0 Å². The zero-order valence-corrected chi connectivity index (χ0v) is 39.3. The van der Waals surface area contributed by atoms with Crippen molar-refractivity contribution in [3.8, 4) is 44.5 Å². The third-order valence-corrected chi connectivity index (χ3v) is 16.5. The lowest BCUT2D eigenvalue weighted by Crippen LogP contribution is -1.90. The highest BCUT2D eigenvalue weighted by Gasteiger charge is 2.29. The highest BCUT2D eigenvalue weighted by atomic mass is 79.9. The molecule has 0 amide bonds. The van der Waals surface area contributed by atoms with Crippen molar-refractivity contribution in [1.82, 2.24) is 19.9 Å². The van der Waals surface area contributed by atoms with Gasteiger partial charge >= 0.3 is 0 Å². The molecule has 8 bridgehead atoms. The predicted molar refractivity (Wildman–Crippen MR) is 255 cm³/mol. The molecule has 55 heavy (non-hydrogen) atoms. The Kier molecular flexibility index (Phi) is 10.4. The third-order valence-electron chi connectivity index (χ3n) is 9.53. The Labute approximate surface area is 375 Å². The van der Waals surface area contributed by atoms with Gasteiger partial charge in [-0.2, -0.15) is 0 Å². The normalized spacial score (nSPS) is 12.7. The number of nitrogens with zero attached hydrogens (tertiary/aromatic N) is 2. The van der Waals surface area contributed by atoms with E-state index in [-0.39, 0.29) is 0 Å². The Hall–Kier alpha value is -3.16. The first-order valence-corrected chi connectivity index (χ1v) is 22.5. The first kappa shape index (κ1) is 37.4. The van der Waals surface area contributed by atoms with Gasteiger partial charge in [-0.25, -0.2) is 9.97 Å². The molecule has 5 heterocycles. The largest absolute Gasteiger partial charge is 0.352 e. The fraction of sp³-hybridized carbons (Fsp3) is 0. The minimum Gasteiger partial charge on any atom is -0.352 e. The smallest absolute Gasteiger partial charge is 0.0891 e. The summed E-state index contributed by atoms with van der Waals surface area (Å²) in [5.41, 5.74) is 14.3. The molecule has 0 spiro atoms. The van der Waals surface area contributed by atoms with E-state index in [0.717, 1.165) is 121 Å². The SMILES string of the molecule is BrC1=Cc2nc1c(-c1ccccc1)c1[nH]c(c(Br)c1Br)c(-c1ccccc1)c1nc(c(-c3ccccc3)c3[nH]c(c(Br)c3Br)c2-c2ccccc2)C(Br)=C1Br. The van der Waals surface area contributed by atoms with Gasteiger partial charge in [-0.05, 0) is 140 Å². The highest BCUT2D eigenvalue weighted by molar-refractivity contribution is 9.18. The van der Waals surface area contributed by atoms with Crippen molar-refractivity contribution in [2.24, 2.45) is 0 Å². The Bertz CT molecular complexity index is 2920. The summed E-state index contributed by atoms with van der Waals surface area (Å²) in [5, 5.41) is 0.